The Hall–Kier alpha value is -3.82. The van der Waals surface area contributed by atoms with E-state index in [0.29, 0.717) is 79.1 Å². The normalized spacial score (nSPS) is 13.2. The molecule has 1 aliphatic rings. The molecule has 0 bridgehead atoms. The van der Waals surface area contributed by atoms with Crippen molar-refractivity contribution in [1.29, 1.82) is 0 Å². The van der Waals surface area contributed by atoms with Gasteiger partial charge in [0.15, 0.2) is 23.0 Å². The number of benzene rings is 2. The van der Waals surface area contributed by atoms with Gasteiger partial charge in [-0.15, -0.1) is 0 Å². The molecule has 1 aliphatic heterocycles. The van der Waals surface area contributed by atoms with Crippen molar-refractivity contribution < 1.29 is 38.0 Å². The van der Waals surface area contributed by atoms with Crippen molar-refractivity contribution in [2.24, 2.45) is 0 Å². The molecule has 3 rings (SSSR count). The van der Waals surface area contributed by atoms with Crippen LogP contribution in [0, 0.1) is 0 Å². The molecule has 2 aromatic carbocycles. The Balaban J connectivity index is 1.60. The molecule has 0 saturated carbocycles. The standard InChI is InChI=1S/C26H34N2O8/c1-31-19-13-17(14-20(32-2)24(19)35-5)7-8-23(29)27-9-11-28(12-10-27)26(30)18-15-21(33-3)25(36-6)22(16-18)34-4/h13-16H,7-12H2,1-6H3. The first kappa shape index (κ1) is 26.8. The molecule has 0 unspecified atom stereocenters. The van der Waals surface area contributed by atoms with Crippen LogP contribution >= 0.6 is 0 Å². The number of rotatable bonds is 10. The molecule has 1 heterocycles. The third-order valence-electron chi connectivity index (χ3n) is 6.18. The van der Waals surface area contributed by atoms with Crippen LogP contribution in [-0.2, 0) is 11.2 Å². The molecule has 0 atom stereocenters. The fourth-order valence-corrected chi connectivity index (χ4v) is 4.24. The average Bonchev–Trinajstić information content (AvgIpc) is 2.93. The smallest absolute Gasteiger partial charge is 0.254 e. The van der Waals surface area contributed by atoms with Gasteiger partial charge in [-0.2, -0.15) is 0 Å². The summed E-state index contributed by atoms with van der Waals surface area (Å²) < 4.78 is 32.2. The van der Waals surface area contributed by atoms with Gasteiger partial charge in [-0.25, -0.2) is 0 Å². The van der Waals surface area contributed by atoms with Crippen LogP contribution in [0.3, 0.4) is 0 Å². The summed E-state index contributed by atoms with van der Waals surface area (Å²) in [6.07, 6.45) is 0.861. The van der Waals surface area contributed by atoms with E-state index in [1.54, 1.807) is 43.3 Å². The molecule has 1 fully saturated rings. The summed E-state index contributed by atoms with van der Waals surface area (Å²) >= 11 is 0. The first-order valence-corrected chi connectivity index (χ1v) is 11.6. The largest absolute Gasteiger partial charge is 0.493 e. The van der Waals surface area contributed by atoms with Crippen molar-refractivity contribution in [3.8, 4) is 34.5 Å². The highest BCUT2D eigenvalue weighted by atomic mass is 16.5. The zero-order valence-electron chi connectivity index (χ0n) is 21.7. The van der Waals surface area contributed by atoms with Gasteiger partial charge >= 0.3 is 0 Å². The van der Waals surface area contributed by atoms with E-state index < -0.39 is 0 Å². The molecule has 10 heteroatoms. The zero-order chi connectivity index (χ0) is 26.2. The zero-order valence-corrected chi connectivity index (χ0v) is 21.7. The minimum absolute atomic E-state index is 0.0311. The Bertz CT molecular complexity index is 1030. The van der Waals surface area contributed by atoms with Gasteiger partial charge in [0.1, 0.15) is 0 Å². The molecule has 0 spiro atoms. The third-order valence-corrected chi connectivity index (χ3v) is 6.18. The quantitative estimate of drug-likeness (QED) is 0.489. The fraction of sp³-hybridized carbons (Fsp3) is 0.462. The number of carbonyl (C=O) groups is 2. The highest BCUT2D eigenvalue weighted by Gasteiger charge is 2.26. The molecule has 0 aliphatic carbocycles. The maximum atomic E-state index is 13.1. The minimum atomic E-state index is -0.154. The SMILES string of the molecule is COc1cc(CCC(=O)N2CCN(C(=O)c3cc(OC)c(OC)c(OC)c3)CC2)cc(OC)c1OC. The molecule has 2 aromatic rings. The van der Waals surface area contributed by atoms with Crippen LogP contribution in [0.15, 0.2) is 24.3 Å². The van der Waals surface area contributed by atoms with Gasteiger partial charge in [0.25, 0.3) is 5.91 Å². The number of methoxy groups -OCH3 is 6. The van der Waals surface area contributed by atoms with E-state index in [1.807, 2.05) is 12.1 Å². The molecule has 0 aromatic heterocycles. The third kappa shape index (κ3) is 5.69. The van der Waals surface area contributed by atoms with E-state index in [1.165, 1.54) is 21.3 Å². The van der Waals surface area contributed by atoms with Crippen LogP contribution in [0.5, 0.6) is 34.5 Å². The van der Waals surface area contributed by atoms with Crippen molar-refractivity contribution >= 4 is 11.8 Å². The maximum absolute atomic E-state index is 13.1. The molecular formula is C26H34N2O8. The molecule has 36 heavy (non-hydrogen) atoms. The molecule has 0 radical (unpaired) electrons. The molecule has 10 nitrogen and oxygen atoms in total. The first-order valence-electron chi connectivity index (χ1n) is 11.6. The lowest BCUT2D eigenvalue weighted by Crippen LogP contribution is -2.50. The summed E-state index contributed by atoms with van der Waals surface area (Å²) in [6, 6.07) is 6.97. The van der Waals surface area contributed by atoms with Gasteiger partial charge in [0.2, 0.25) is 17.4 Å². The Morgan fingerprint density at radius 1 is 0.639 bits per heavy atom. The van der Waals surface area contributed by atoms with E-state index in [4.69, 9.17) is 28.4 Å². The second-order valence-electron chi connectivity index (χ2n) is 8.12. The van der Waals surface area contributed by atoms with Crippen molar-refractivity contribution in [3.63, 3.8) is 0 Å². The van der Waals surface area contributed by atoms with Crippen molar-refractivity contribution in [3.05, 3.63) is 35.4 Å². The van der Waals surface area contributed by atoms with Gasteiger partial charge < -0.3 is 38.2 Å². The average molecular weight is 503 g/mol. The van der Waals surface area contributed by atoms with Gasteiger partial charge in [-0.05, 0) is 36.2 Å². The van der Waals surface area contributed by atoms with Crippen LogP contribution in [0.1, 0.15) is 22.3 Å². The number of carbonyl (C=O) groups excluding carboxylic acids is 2. The Morgan fingerprint density at radius 3 is 1.47 bits per heavy atom. The Morgan fingerprint density at radius 2 is 1.06 bits per heavy atom. The highest BCUT2D eigenvalue weighted by molar-refractivity contribution is 5.96. The van der Waals surface area contributed by atoms with Gasteiger partial charge in [0.05, 0.1) is 42.7 Å². The topological polar surface area (TPSA) is 96.0 Å². The van der Waals surface area contributed by atoms with E-state index in [2.05, 4.69) is 0 Å². The van der Waals surface area contributed by atoms with E-state index in [-0.39, 0.29) is 11.8 Å². The number of hydrogen-bond acceptors (Lipinski definition) is 8. The molecular weight excluding hydrogens is 468 g/mol. The van der Waals surface area contributed by atoms with Gasteiger partial charge in [0, 0.05) is 38.2 Å². The lowest BCUT2D eigenvalue weighted by atomic mass is 10.1. The molecule has 196 valence electrons. The number of amides is 2. The van der Waals surface area contributed by atoms with Gasteiger partial charge in [-0.3, -0.25) is 9.59 Å². The number of nitrogens with zero attached hydrogens (tertiary/aromatic N) is 2. The minimum Gasteiger partial charge on any atom is -0.493 e. The fourth-order valence-electron chi connectivity index (χ4n) is 4.24. The molecule has 2 amide bonds. The number of aryl methyl sites for hydroxylation is 1. The second kappa shape index (κ2) is 12.2. The van der Waals surface area contributed by atoms with E-state index in [0.717, 1.165) is 5.56 Å². The van der Waals surface area contributed by atoms with E-state index >= 15 is 0 Å². The van der Waals surface area contributed by atoms with Crippen LogP contribution in [0.25, 0.3) is 0 Å². The van der Waals surface area contributed by atoms with Crippen molar-refractivity contribution in [2.75, 3.05) is 68.8 Å². The van der Waals surface area contributed by atoms with Crippen molar-refractivity contribution in [1.82, 2.24) is 9.80 Å². The lowest BCUT2D eigenvalue weighted by Gasteiger charge is -2.35. The second-order valence-corrected chi connectivity index (χ2v) is 8.12. The van der Waals surface area contributed by atoms with Crippen LogP contribution in [0.4, 0.5) is 0 Å². The summed E-state index contributed by atoms with van der Waals surface area (Å²) in [4.78, 5) is 29.5. The summed E-state index contributed by atoms with van der Waals surface area (Å²) in [5, 5.41) is 0. The summed E-state index contributed by atoms with van der Waals surface area (Å²) in [5.41, 5.74) is 1.35. The summed E-state index contributed by atoms with van der Waals surface area (Å²) in [6.45, 7) is 1.80. The maximum Gasteiger partial charge on any atom is 0.254 e. The summed E-state index contributed by atoms with van der Waals surface area (Å²) in [7, 11) is 9.20. The van der Waals surface area contributed by atoms with Crippen LogP contribution in [-0.4, -0.2) is 90.5 Å². The predicted octanol–water partition coefficient (Wildman–Crippen LogP) is 2.66. The first-order chi connectivity index (χ1) is 17.4. The Labute approximate surface area is 211 Å². The number of piperazine rings is 1. The van der Waals surface area contributed by atoms with Crippen LogP contribution < -0.4 is 28.4 Å². The van der Waals surface area contributed by atoms with E-state index in [9.17, 15) is 9.59 Å². The Kier molecular flexibility index (Phi) is 9.10. The van der Waals surface area contributed by atoms with Gasteiger partial charge in [-0.1, -0.05) is 0 Å². The predicted molar refractivity (Wildman–Crippen MR) is 133 cm³/mol. The molecule has 1 saturated heterocycles. The van der Waals surface area contributed by atoms with Crippen molar-refractivity contribution in [2.45, 2.75) is 12.8 Å². The summed E-state index contributed by atoms with van der Waals surface area (Å²) in [5.74, 6) is 2.77. The highest BCUT2D eigenvalue weighted by Crippen LogP contribution is 2.39. The lowest BCUT2D eigenvalue weighted by molar-refractivity contribution is -0.132. The molecule has 0 N–H and O–H groups in total. The number of hydrogen-bond donors (Lipinski definition) is 0. The van der Waals surface area contributed by atoms with Crippen LogP contribution in [0.2, 0.25) is 0 Å². The number of ether oxygens (including phenoxy) is 6. The monoisotopic (exact) mass is 502 g/mol.